The van der Waals surface area contributed by atoms with Crippen molar-refractivity contribution in [3.63, 3.8) is 0 Å². The molecule has 1 heteroatoms. The van der Waals surface area contributed by atoms with E-state index in [1.165, 1.54) is 11.3 Å². The third-order valence-electron chi connectivity index (χ3n) is 1.88. The molecule has 0 saturated carbocycles. The molecule has 0 aliphatic heterocycles. The van der Waals surface area contributed by atoms with Gasteiger partial charge >= 0.3 is 0 Å². The average Bonchev–Trinajstić information content (AvgIpc) is 2.06. The Kier molecular flexibility index (Phi) is 2.92. The molecule has 0 heterocycles. The lowest BCUT2D eigenvalue weighted by Crippen LogP contribution is -2.16. The van der Waals surface area contributed by atoms with Crippen LogP contribution in [0.3, 0.4) is 0 Å². The van der Waals surface area contributed by atoms with Gasteiger partial charge < -0.3 is 4.90 Å². The van der Waals surface area contributed by atoms with Gasteiger partial charge in [-0.2, -0.15) is 0 Å². The average molecular weight is 161 g/mol. The molecule has 0 N–H and O–H groups in total. The molecule has 12 heavy (non-hydrogen) atoms. The molecule has 0 bridgehead atoms. The van der Waals surface area contributed by atoms with Gasteiger partial charge in [0.2, 0.25) is 0 Å². The number of anilines is 1. The van der Waals surface area contributed by atoms with E-state index in [0.717, 1.165) is 6.54 Å². The van der Waals surface area contributed by atoms with E-state index in [9.17, 15) is 0 Å². The van der Waals surface area contributed by atoms with Crippen molar-refractivity contribution in [3.8, 4) is 0 Å². The van der Waals surface area contributed by atoms with Crippen molar-refractivity contribution >= 4 is 5.69 Å². The number of hydrogen-bond acceptors (Lipinski definition) is 1. The van der Waals surface area contributed by atoms with E-state index in [1.54, 1.807) is 0 Å². The number of aryl methyl sites for hydroxylation is 1. The van der Waals surface area contributed by atoms with Crippen molar-refractivity contribution in [3.05, 3.63) is 42.5 Å². The van der Waals surface area contributed by atoms with Crippen LogP contribution in [0.4, 0.5) is 5.69 Å². The molecule has 64 valence electrons. The van der Waals surface area contributed by atoms with Crippen molar-refractivity contribution in [2.45, 2.75) is 6.92 Å². The third kappa shape index (κ3) is 2.12. The van der Waals surface area contributed by atoms with Gasteiger partial charge in [0.05, 0.1) is 0 Å². The van der Waals surface area contributed by atoms with Crippen LogP contribution < -0.4 is 4.90 Å². The Morgan fingerprint density at radius 3 is 2.42 bits per heavy atom. The normalized spacial score (nSPS) is 9.50. The van der Waals surface area contributed by atoms with Gasteiger partial charge in [0.15, 0.2) is 0 Å². The summed E-state index contributed by atoms with van der Waals surface area (Å²) in [5.74, 6) is 0. The maximum absolute atomic E-state index is 3.70. The fraction of sp³-hybridized carbons (Fsp3) is 0.273. The number of benzene rings is 1. The lowest BCUT2D eigenvalue weighted by atomic mass is 10.2. The minimum Gasteiger partial charge on any atom is -0.371 e. The Hall–Kier alpha value is -1.24. The minimum atomic E-state index is 0.892. The van der Waals surface area contributed by atoms with E-state index in [4.69, 9.17) is 0 Å². The number of rotatable bonds is 3. The fourth-order valence-electron chi connectivity index (χ4n) is 1.10. The van der Waals surface area contributed by atoms with Crippen LogP contribution in [-0.2, 0) is 0 Å². The van der Waals surface area contributed by atoms with Gasteiger partial charge in [0.1, 0.15) is 0 Å². The molecule has 0 atom stereocenters. The molecular formula is C11H15N. The number of hydrogen-bond donors (Lipinski definition) is 0. The topological polar surface area (TPSA) is 3.24 Å². The molecule has 1 aromatic rings. The summed E-state index contributed by atoms with van der Waals surface area (Å²) in [5, 5.41) is 0. The summed E-state index contributed by atoms with van der Waals surface area (Å²) >= 11 is 0. The molecule has 1 aromatic carbocycles. The van der Waals surface area contributed by atoms with Crippen LogP contribution in [0, 0.1) is 6.92 Å². The van der Waals surface area contributed by atoms with Gasteiger partial charge in [0, 0.05) is 19.3 Å². The monoisotopic (exact) mass is 161 g/mol. The van der Waals surface area contributed by atoms with Crippen LogP contribution in [0.2, 0.25) is 0 Å². The Morgan fingerprint density at radius 1 is 1.33 bits per heavy atom. The van der Waals surface area contributed by atoms with Gasteiger partial charge in [0.25, 0.3) is 0 Å². The van der Waals surface area contributed by atoms with Gasteiger partial charge in [-0.3, -0.25) is 0 Å². The molecule has 0 spiro atoms. The summed E-state index contributed by atoms with van der Waals surface area (Å²) in [5.41, 5.74) is 2.53. The molecule has 0 radical (unpaired) electrons. The highest BCUT2D eigenvalue weighted by Gasteiger charge is 1.95. The highest BCUT2D eigenvalue weighted by atomic mass is 15.1. The first-order valence-electron chi connectivity index (χ1n) is 4.12. The van der Waals surface area contributed by atoms with Crippen LogP contribution in [-0.4, -0.2) is 13.6 Å². The molecule has 1 nitrogen and oxygen atoms in total. The van der Waals surface area contributed by atoms with Crippen LogP contribution in [0.15, 0.2) is 36.9 Å². The summed E-state index contributed by atoms with van der Waals surface area (Å²) < 4.78 is 0. The Balaban J connectivity index is 2.74. The molecule has 0 amide bonds. The van der Waals surface area contributed by atoms with Crippen LogP contribution in [0.1, 0.15) is 5.56 Å². The molecule has 0 aliphatic rings. The van der Waals surface area contributed by atoms with Gasteiger partial charge in [-0.1, -0.05) is 23.8 Å². The standard InChI is InChI=1S/C11H15N/c1-4-9-12(3)11-7-5-10(2)6-8-11/h4-8H,1,9H2,2-3H3. The first kappa shape index (κ1) is 8.85. The summed E-state index contributed by atoms with van der Waals surface area (Å²) in [6, 6.07) is 8.49. The maximum atomic E-state index is 3.70. The zero-order chi connectivity index (χ0) is 8.97. The summed E-state index contributed by atoms with van der Waals surface area (Å²) in [4.78, 5) is 2.16. The van der Waals surface area contributed by atoms with E-state index in [2.05, 4.69) is 49.7 Å². The smallest absolute Gasteiger partial charge is 0.0366 e. The Morgan fingerprint density at radius 2 is 1.92 bits per heavy atom. The molecular weight excluding hydrogens is 146 g/mol. The van der Waals surface area contributed by atoms with E-state index in [-0.39, 0.29) is 0 Å². The lowest BCUT2D eigenvalue weighted by molar-refractivity contribution is 1.03. The van der Waals surface area contributed by atoms with Crippen LogP contribution >= 0.6 is 0 Å². The first-order valence-corrected chi connectivity index (χ1v) is 4.12. The molecule has 1 rings (SSSR count). The van der Waals surface area contributed by atoms with E-state index < -0.39 is 0 Å². The SMILES string of the molecule is C=CCN(C)c1ccc(C)cc1. The van der Waals surface area contributed by atoms with E-state index in [0.29, 0.717) is 0 Å². The van der Waals surface area contributed by atoms with Gasteiger partial charge in [-0.05, 0) is 19.1 Å². The quantitative estimate of drug-likeness (QED) is 0.616. The summed E-state index contributed by atoms with van der Waals surface area (Å²) in [7, 11) is 2.06. The summed E-state index contributed by atoms with van der Waals surface area (Å²) in [6.07, 6.45) is 1.90. The number of nitrogens with zero attached hydrogens (tertiary/aromatic N) is 1. The number of likely N-dealkylation sites (N-methyl/N-ethyl adjacent to an activating group) is 1. The predicted molar refractivity (Wildman–Crippen MR) is 54.6 cm³/mol. The van der Waals surface area contributed by atoms with Crippen molar-refractivity contribution in [1.29, 1.82) is 0 Å². The van der Waals surface area contributed by atoms with Crippen molar-refractivity contribution in [1.82, 2.24) is 0 Å². The van der Waals surface area contributed by atoms with Crippen LogP contribution in [0.25, 0.3) is 0 Å². The maximum Gasteiger partial charge on any atom is 0.0366 e. The van der Waals surface area contributed by atoms with Crippen LogP contribution in [0.5, 0.6) is 0 Å². The molecule has 0 saturated heterocycles. The zero-order valence-corrected chi connectivity index (χ0v) is 7.75. The molecule has 0 aromatic heterocycles. The van der Waals surface area contributed by atoms with Gasteiger partial charge in [-0.25, -0.2) is 0 Å². The largest absolute Gasteiger partial charge is 0.371 e. The van der Waals surface area contributed by atoms with Crippen molar-refractivity contribution < 1.29 is 0 Å². The van der Waals surface area contributed by atoms with E-state index >= 15 is 0 Å². The predicted octanol–water partition coefficient (Wildman–Crippen LogP) is 2.62. The Bertz CT molecular complexity index is 248. The highest BCUT2D eigenvalue weighted by Crippen LogP contribution is 2.12. The Labute approximate surface area is 74.3 Å². The lowest BCUT2D eigenvalue weighted by Gasteiger charge is -2.16. The van der Waals surface area contributed by atoms with E-state index in [1.807, 2.05) is 6.08 Å². The molecule has 0 aliphatic carbocycles. The molecule has 0 unspecified atom stereocenters. The second kappa shape index (κ2) is 3.96. The van der Waals surface area contributed by atoms with Gasteiger partial charge in [-0.15, -0.1) is 6.58 Å². The second-order valence-corrected chi connectivity index (χ2v) is 3.00. The molecule has 0 fully saturated rings. The zero-order valence-electron chi connectivity index (χ0n) is 7.75. The highest BCUT2D eigenvalue weighted by molar-refractivity contribution is 5.47. The second-order valence-electron chi connectivity index (χ2n) is 3.00. The first-order chi connectivity index (χ1) is 5.74. The summed E-state index contributed by atoms with van der Waals surface area (Å²) in [6.45, 7) is 6.69. The fourth-order valence-corrected chi connectivity index (χ4v) is 1.10. The minimum absolute atomic E-state index is 0.892. The van der Waals surface area contributed by atoms with Crippen molar-refractivity contribution in [2.75, 3.05) is 18.5 Å². The van der Waals surface area contributed by atoms with Crippen molar-refractivity contribution in [2.24, 2.45) is 0 Å². The third-order valence-corrected chi connectivity index (χ3v) is 1.88.